The Hall–Kier alpha value is -6.16. The van der Waals surface area contributed by atoms with Crippen molar-refractivity contribution in [3.63, 3.8) is 0 Å². The number of hydrogen-bond acceptors (Lipinski definition) is 0. The van der Waals surface area contributed by atoms with Crippen LogP contribution in [0.5, 0.6) is 0 Å². The van der Waals surface area contributed by atoms with Crippen LogP contribution in [-0.4, -0.2) is 9.13 Å². The van der Waals surface area contributed by atoms with Crippen molar-refractivity contribution in [3.05, 3.63) is 221 Å². The molecule has 0 fully saturated rings. The Bertz CT molecular complexity index is 2870. The van der Waals surface area contributed by atoms with E-state index in [0.29, 0.717) is 0 Å². The number of halogens is 1. The van der Waals surface area contributed by atoms with Gasteiger partial charge in [-0.2, -0.15) is 0 Å². The summed E-state index contributed by atoms with van der Waals surface area (Å²) in [4.78, 5) is 0. The van der Waals surface area contributed by atoms with Crippen LogP contribution >= 0.6 is 15.9 Å². The van der Waals surface area contributed by atoms with Gasteiger partial charge in [-0.3, -0.25) is 0 Å². The molecule has 0 amide bonds. The standard InChI is InChI=1S/C51H37BrN2/c1-34-39-18-4-9-24-45(39)51(33-14-13-25-46(34)52)35(2)50-43(22-15-17-36-16-3-8-23-44(36)51)42-21-7-12-28-49(42)54(50)38-31-29-37(30-32-38)53-47-26-10-5-19-40(47)41-20-6-11-27-48(41)53/h3-16,18-32H,1-2,17,33H2/b14-13-,22-15-,46-25+. The van der Waals surface area contributed by atoms with Crippen LogP contribution < -0.4 is 0 Å². The van der Waals surface area contributed by atoms with Gasteiger partial charge in [-0.05, 0) is 94.8 Å². The molecule has 3 heteroatoms. The number of para-hydroxylation sites is 3. The maximum absolute atomic E-state index is 5.18. The van der Waals surface area contributed by atoms with Crippen molar-refractivity contribution in [3.8, 4) is 11.4 Å². The van der Waals surface area contributed by atoms with E-state index in [0.717, 1.165) is 56.6 Å². The first-order chi connectivity index (χ1) is 26.6. The highest BCUT2D eigenvalue weighted by Crippen LogP contribution is 2.53. The molecule has 2 aliphatic carbocycles. The molecule has 0 saturated heterocycles. The van der Waals surface area contributed by atoms with Crippen LogP contribution in [0.4, 0.5) is 0 Å². The second kappa shape index (κ2) is 12.8. The third-order valence-electron chi connectivity index (χ3n) is 11.6. The van der Waals surface area contributed by atoms with E-state index in [1.54, 1.807) is 0 Å². The third kappa shape index (κ3) is 4.78. The van der Waals surface area contributed by atoms with Gasteiger partial charge in [-0.15, -0.1) is 0 Å². The number of aromatic nitrogens is 2. The summed E-state index contributed by atoms with van der Waals surface area (Å²) in [7, 11) is 0. The van der Waals surface area contributed by atoms with Gasteiger partial charge in [-0.1, -0.05) is 157 Å². The molecular weight excluding hydrogens is 720 g/mol. The maximum Gasteiger partial charge on any atom is 0.0579 e. The van der Waals surface area contributed by atoms with Gasteiger partial charge in [0.2, 0.25) is 0 Å². The highest BCUT2D eigenvalue weighted by atomic mass is 79.9. The largest absolute Gasteiger partial charge is 0.309 e. The quantitative estimate of drug-likeness (QED) is 0.166. The van der Waals surface area contributed by atoms with E-state index >= 15 is 0 Å². The molecular formula is C51H37BrN2. The van der Waals surface area contributed by atoms with Gasteiger partial charge in [0.05, 0.1) is 27.7 Å². The Kier molecular flexibility index (Phi) is 7.67. The molecule has 0 bridgehead atoms. The number of nitrogens with zero attached hydrogens (tertiary/aromatic N) is 2. The van der Waals surface area contributed by atoms with E-state index in [-0.39, 0.29) is 0 Å². The van der Waals surface area contributed by atoms with Crippen LogP contribution in [0.25, 0.3) is 61.3 Å². The van der Waals surface area contributed by atoms with Gasteiger partial charge >= 0.3 is 0 Å². The number of hydrogen-bond donors (Lipinski definition) is 0. The fraction of sp³-hybridized carbons (Fsp3) is 0.0588. The minimum Gasteiger partial charge on any atom is -0.309 e. The van der Waals surface area contributed by atoms with E-state index in [2.05, 4.69) is 208 Å². The monoisotopic (exact) mass is 756 g/mol. The van der Waals surface area contributed by atoms with Crippen molar-refractivity contribution in [2.75, 3.05) is 0 Å². The van der Waals surface area contributed by atoms with E-state index < -0.39 is 5.41 Å². The zero-order chi connectivity index (χ0) is 36.4. The van der Waals surface area contributed by atoms with Gasteiger partial charge in [0.1, 0.15) is 0 Å². The normalized spacial score (nSPS) is 19.1. The summed E-state index contributed by atoms with van der Waals surface area (Å²) in [6.07, 6.45) is 12.8. The molecule has 6 aromatic carbocycles. The molecule has 1 spiro atoms. The number of benzene rings is 6. The fourth-order valence-corrected chi connectivity index (χ4v) is 9.50. The maximum atomic E-state index is 5.18. The van der Waals surface area contributed by atoms with Crippen LogP contribution in [0.2, 0.25) is 0 Å². The smallest absolute Gasteiger partial charge is 0.0579 e. The van der Waals surface area contributed by atoms with E-state index in [9.17, 15) is 0 Å². The molecule has 0 N–H and O–H groups in total. The highest BCUT2D eigenvalue weighted by molar-refractivity contribution is 9.12. The molecule has 54 heavy (non-hydrogen) atoms. The number of rotatable bonds is 2. The molecule has 2 aliphatic rings. The van der Waals surface area contributed by atoms with Crippen LogP contribution in [0, 0.1) is 0 Å². The molecule has 2 heterocycles. The average Bonchev–Trinajstić information content (AvgIpc) is 3.75. The van der Waals surface area contributed by atoms with Crippen LogP contribution in [0.15, 0.2) is 188 Å². The highest BCUT2D eigenvalue weighted by Gasteiger charge is 2.43. The van der Waals surface area contributed by atoms with Crippen molar-refractivity contribution >= 4 is 65.9 Å². The third-order valence-corrected chi connectivity index (χ3v) is 12.3. The molecule has 1 atom stereocenters. The fourth-order valence-electron chi connectivity index (χ4n) is 9.13. The van der Waals surface area contributed by atoms with Gasteiger partial charge in [-0.25, -0.2) is 0 Å². The van der Waals surface area contributed by atoms with Crippen molar-refractivity contribution in [2.24, 2.45) is 0 Å². The van der Waals surface area contributed by atoms with E-state index in [4.69, 9.17) is 6.58 Å². The van der Waals surface area contributed by atoms with Crippen LogP contribution in [0.1, 0.15) is 39.9 Å². The van der Waals surface area contributed by atoms with Crippen LogP contribution in [-0.2, 0) is 11.8 Å². The van der Waals surface area contributed by atoms with Crippen molar-refractivity contribution in [1.29, 1.82) is 0 Å². The summed E-state index contributed by atoms with van der Waals surface area (Å²) in [5.74, 6) is 0. The summed E-state index contributed by atoms with van der Waals surface area (Å²) in [5, 5.41) is 3.72. The average molecular weight is 758 g/mol. The predicted molar refractivity (Wildman–Crippen MR) is 233 cm³/mol. The minimum atomic E-state index is -0.603. The Labute approximate surface area is 324 Å². The summed E-state index contributed by atoms with van der Waals surface area (Å²) < 4.78 is 5.81. The van der Waals surface area contributed by atoms with E-state index in [1.165, 1.54) is 49.4 Å². The zero-order valence-corrected chi connectivity index (χ0v) is 31.4. The number of fused-ring (bicyclic) bond motifs is 10. The van der Waals surface area contributed by atoms with E-state index in [1.807, 2.05) is 0 Å². The Balaban J connectivity index is 1.25. The molecule has 2 nitrogen and oxygen atoms in total. The Morgan fingerprint density at radius 2 is 1.11 bits per heavy atom. The molecule has 1 unspecified atom stereocenters. The van der Waals surface area contributed by atoms with Crippen molar-refractivity contribution in [2.45, 2.75) is 18.3 Å². The summed E-state index contributed by atoms with van der Waals surface area (Å²) in [6.45, 7) is 9.79. The van der Waals surface area contributed by atoms with Gasteiger partial charge in [0.25, 0.3) is 0 Å². The first kappa shape index (κ1) is 32.5. The first-order valence-electron chi connectivity index (χ1n) is 18.5. The Morgan fingerprint density at radius 1 is 0.556 bits per heavy atom. The first-order valence-corrected chi connectivity index (χ1v) is 19.3. The van der Waals surface area contributed by atoms with Crippen molar-refractivity contribution < 1.29 is 0 Å². The van der Waals surface area contributed by atoms with Crippen molar-refractivity contribution in [1.82, 2.24) is 9.13 Å². The van der Waals surface area contributed by atoms with Gasteiger partial charge < -0.3 is 9.13 Å². The summed E-state index contributed by atoms with van der Waals surface area (Å²) in [5.41, 5.74) is 14.4. The summed E-state index contributed by atoms with van der Waals surface area (Å²) >= 11 is 3.85. The van der Waals surface area contributed by atoms with Gasteiger partial charge in [0, 0.05) is 37.6 Å². The summed E-state index contributed by atoms with van der Waals surface area (Å²) in [6, 6.07) is 53.0. The molecule has 10 rings (SSSR count). The minimum absolute atomic E-state index is 0.603. The number of allylic oxidation sites excluding steroid dienone is 7. The molecule has 2 aromatic heterocycles. The lowest BCUT2D eigenvalue weighted by molar-refractivity contribution is 0.663. The predicted octanol–water partition coefficient (Wildman–Crippen LogP) is 13.5. The molecule has 8 aromatic rings. The molecule has 0 aliphatic heterocycles. The lowest BCUT2D eigenvalue weighted by Gasteiger charge is -2.40. The molecule has 0 saturated carbocycles. The molecule has 258 valence electrons. The SMILES string of the molecule is C=C1/C(Br)=C\C=C/CC2(C(=C)c3c(c4ccccc4n3-c3ccc(-n4c5ccccc5c5ccccc54)cc3)/C=C\Cc3ccccc32)c2ccccc21. The lowest BCUT2D eigenvalue weighted by Crippen LogP contribution is -2.32. The molecule has 0 radical (unpaired) electrons. The topological polar surface area (TPSA) is 9.86 Å². The Morgan fingerprint density at radius 3 is 1.81 bits per heavy atom. The second-order valence-electron chi connectivity index (χ2n) is 14.3. The zero-order valence-electron chi connectivity index (χ0n) is 29.8. The second-order valence-corrected chi connectivity index (χ2v) is 15.2. The van der Waals surface area contributed by atoms with Crippen LogP contribution in [0.3, 0.4) is 0 Å². The van der Waals surface area contributed by atoms with Gasteiger partial charge in [0.15, 0.2) is 0 Å². The lowest BCUT2D eigenvalue weighted by atomic mass is 9.63.